The number of hydrogen-bond donors (Lipinski definition) is 0. The van der Waals surface area contributed by atoms with Crippen molar-refractivity contribution in [2.45, 2.75) is 61.5 Å². The van der Waals surface area contributed by atoms with Crippen LogP contribution in [0.1, 0.15) is 41.5 Å². The summed E-state index contributed by atoms with van der Waals surface area (Å²) in [6.45, 7) is 18.4. The minimum atomic E-state index is -1.65. The summed E-state index contributed by atoms with van der Waals surface area (Å²) >= 11 is -1.65. The molecule has 0 N–H and O–H groups in total. The van der Waals surface area contributed by atoms with E-state index in [2.05, 4.69) is 48.1 Å². The van der Waals surface area contributed by atoms with Crippen molar-refractivity contribution in [3.8, 4) is 0 Å². The molecular formula is C12H26Ge. The summed E-state index contributed by atoms with van der Waals surface area (Å²) in [6.07, 6.45) is 0. The normalized spacial score (nSPS) is 13.1. The second-order valence-corrected chi connectivity index (χ2v) is 17.2. The molecule has 0 aromatic heterocycles. The molecule has 0 aromatic carbocycles. The first kappa shape index (κ1) is 13.3. The van der Waals surface area contributed by atoms with E-state index in [1.54, 1.807) is 0 Å². The van der Waals surface area contributed by atoms with Gasteiger partial charge in [0, 0.05) is 0 Å². The van der Waals surface area contributed by atoms with Gasteiger partial charge < -0.3 is 0 Å². The molecule has 78 valence electrons. The van der Waals surface area contributed by atoms with Crippen molar-refractivity contribution in [1.29, 1.82) is 0 Å². The molecule has 0 saturated heterocycles. The second kappa shape index (κ2) is 4.68. The molecular weight excluding hydrogens is 217 g/mol. The quantitative estimate of drug-likeness (QED) is 0.478. The van der Waals surface area contributed by atoms with Crippen LogP contribution in [0.3, 0.4) is 0 Å². The molecule has 0 heterocycles. The maximum atomic E-state index is 4.18. The van der Waals surface area contributed by atoms with E-state index in [0.29, 0.717) is 4.25 Å². The Morgan fingerprint density at radius 3 is 1.46 bits per heavy atom. The van der Waals surface area contributed by atoms with Crippen LogP contribution < -0.4 is 0 Å². The Bertz CT molecular complexity index is 167. The zero-order chi connectivity index (χ0) is 10.7. The summed E-state index contributed by atoms with van der Waals surface area (Å²) in [5.41, 5.74) is 1.40. The fourth-order valence-electron chi connectivity index (χ4n) is 2.53. The van der Waals surface area contributed by atoms with Gasteiger partial charge in [-0.05, 0) is 0 Å². The minimum absolute atomic E-state index is 0.457. The topological polar surface area (TPSA) is 0 Å². The molecule has 13 heavy (non-hydrogen) atoms. The Morgan fingerprint density at radius 1 is 1.08 bits per heavy atom. The van der Waals surface area contributed by atoms with Gasteiger partial charge in [0.2, 0.25) is 0 Å². The monoisotopic (exact) mass is 244 g/mol. The fraction of sp³-hybridized carbons (Fsp3) is 0.833. The van der Waals surface area contributed by atoms with Gasteiger partial charge in [-0.1, -0.05) is 0 Å². The molecule has 0 atom stereocenters. The average Bonchev–Trinajstić information content (AvgIpc) is 2.08. The van der Waals surface area contributed by atoms with Crippen LogP contribution >= 0.6 is 0 Å². The van der Waals surface area contributed by atoms with Crippen LogP contribution in [0.25, 0.3) is 0 Å². The molecule has 0 aliphatic rings. The van der Waals surface area contributed by atoms with Crippen LogP contribution in [0.5, 0.6) is 0 Å². The summed E-state index contributed by atoms with van der Waals surface area (Å²) in [5.74, 6) is 0. The van der Waals surface area contributed by atoms with Gasteiger partial charge in [-0.2, -0.15) is 0 Å². The van der Waals surface area contributed by atoms with Crippen molar-refractivity contribution in [3.05, 3.63) is 12.2 Å². The van der Waals surface area contributed by atoms with E-state index in [-0.39, 0.29) is 0 Å². The summed E-state index contributed by atoms with van der Waals surface area (Å²) in [4.78, 5) is 0. The van der Waals surface area contributed by atoms with E-state index in [1.807, 2.05) is 0 Å². The van der Waals surface area contributed by atoms with Crippen molar-refractivity contribution >= 4 is 13.3 Å². The predicted molar refractivity (Wildman–Crippen MR) is 66.1 cm³/mol. The van der Waals surface area contributed by atoms with Gasteiger partial charge in [0.1, 0.15) is 0 Å². The Balaban J connectivity index is 5.02. The fourth-order valence-corrected chi connectivity index (χ4v) is 13.1. The van der Waals surface area contributed by atoms with Crippen molar-refractivity contribution in [2.75, 3.05) is 0 Å². The van der Waals surface area contributed by atoms with E-state index in [0.717, 1.165) is 0 Å². The Hall–Kier alpha value is 0.283. The SMILES string of the molecule is C=C(C)[C](C)(C)[Ge]([CH2]C)([CH2]C)[CH2]C. The van der Waals surface area contributed by atoms with Crippen LogP contribution in [0.2, 0.25) is 20.0 Å². The van der Waals surface area contributed by atoms with Crippen LogP contribution in [0.15, 0.2) is 12.2 Å². The average molecular weight is 243 g/mol. The van der Waals surface area contributed by atoms with E-state index in [9.17, 15) is 0 Å². The van der Waals surface area contributed by atoms with Gasteiger partial charge in [0.25, 0.3) is 0 Å². The van der Waals surface area contributed by atoms with Crippen molar-refractivity contribution in [2.24, 2.45) is 0 Å². The second-order valence-electron chi connectivity index (χ2n) is 4.75. The number of rotatable bonds is 5. The summed E-state index contributed by atoms with van der Waals surface area (Å²) < 4.78 is 0.457. The van der Waals surface area contributed by atoms with Gasteiger partial charge >= 0.3 is 87.0 Å². The van der Waals surface area contributed by atoms with E-state index < -0.39 is 13.3 Å². The van der Waals surface area contributed by atoms with Gasteiger partial charge in [0.15, 0.2) is 0 Å². The van der Waals surface area contributed by atoms with E-state index in [4.69, 9.17) is 0 Å². The molecule has 0 bridgehead atoms. The van der Waals surface area contributed by atoms with E-state index >= 15 is 0 Å². The van der Waals surface area contributed by atoms with Crippen molar-refractivity contribution in [1.82, 2.24) is 0 Å². The van der Waals surface area contributed by atoms with Crippen LogP contribution in [-0.2, 0) is 0 Å². The first-order valence-electron chi connectivity index (χ1n) is 5.54. The molecule has 0 aromatic rings. The Labute approximate surface area is 87.2 Å². The maximum absolute atomic E-state index is 4.18. The zero-order valence-corrected chi connectivity index (χ0v) is 12.4. The Morgan fingerprint density at radius 2 is 1.38 bits per heavy atom. The zero-order valence-electron chi connectivity index (χ0n) is 10.3. The van der Waals surface area contributed by atoms with Crippen LogP contribution in [0, 0.1) is 0 Å². The standard InChI is InChI=1S/C12H26Ge/c1-8-13(9-2,10-3)12(6,7)11(4)5/h4,8-10H2,1-3,5-7H3. The molecule has 0 nitrogen and oxygen atoms in total. The van der Waals surface area contributed by atoms with E-state index in [1.165, 1.54) is 21.3 Å². The van der Waals surface area contributed by atoms with Crippen molar-refractivity contribution < 1.29 is 0 Å². The molecule has 1 heteroatoms. The molecule has 0 aliphatic carbocycles. The summed E-state index contributed by atoms with van der Waals surface area (Å²) in [6, 6.07) is 0. The molecule has 0 aliphatic heterocycles. The third kappa shape index (κ3) is 2.20. The van der Waals surface area contributed by atoms with Crippen molar-refractivity contribution in [3.63, 3.8) is 0 Å². The van der Waals surface area contributed by atoms with Gasteiger partial charge in [0.05, 0.1) is 0 Å². The molecule has 0 unspecified atom stereocenters. The first-order chi connectivity index (χ1) is 5.88. The predicted octanol–water partition coefficient (Wildman–Crippen LogP) is 4.85. The summed E-state index contributed by atoms with van der Waals surface area (Å²) in [5, 5.41) is 4.31. The molecule has 0 fully saturated rings. The molecule has 0 spiro atoms. The Kier molecular flexibility index (Phi) is 4.78. The summed E-state index contributed by atoms with van der Waals surface area (Å²) in [7, 11) is 0. The van der Waals surface area contributed by atoms with Gasteiger partial charge in [-0.25, -0.2) is 0 Å². The molecule has 0 radical (unpaired) electrons. The van der Waals surface area contributed by atoms with Crippen LogP contribution in [0.4, 0.5) is 0 Å². The molecule has 0 rings (SSSR count). The molecule has 0 amide bonds. The first-order valence-corrected chi connectivity index (χ1v) is 11.0. The number of allylic oxidation sites excluding steroid dienone is 1. The number of hydrogen-bond acceptors (Lipinski definition) is 0. The van der Waals surface area contributed by atoms with Gasteiger partial charge in [-0.15, -0.1) is 0 Å². The third-order valence-corrected chi connectivity index (χ3v) is 19.4. The van der Waals surface area contributed by atoms with Crippen LogP contribution in [-0.4, -0.2) is 13.3 Å². The molecule has 0 saturated carbocycles. The van der Waals surface area contributed by atoms with Gasteiger partial charge in [-0.3, -0.25) is 0 Å². The third-order valence-electron chi connectivity index (χ3n) is 4.42.